The number of fused-ring (bicyclic) bond motifs is 1. The lowest BCUT2D eigenvalue weighted by atomic mass is 9.98. The third-order valence-corrected chi connectivity index (χ3v) is 9.91. The Balaban J connectivity index is 0.000000618. The molecule has 14 heteroatoms. The maximum atomic E-state index is 12.8. The van der Waals surface area contributed by atoms with Gasteiger partial charge in [-0.3, -0.25) is 9.59 Å². The van der Waals surface area contributed by atoms with Crippen molar-refractivity contribution in [2.24, 2.45) is 11.7 Å². The lowest BCUT2D eigenvalue weighted by molar-refractivity contribution is -0.133. The van der Waals surface area contributed by atoms with Gasteiger partial charge in [-0.25, -0.2) is 19.6 Å². The summed E-state index contributed by atoms with van der Waals surface area (Å²) >= 11 is 0. The van der Waals surface area contributed by atoms with Crippen molar-refractivity contribution in [1.29, 1.82) is 0 Å². The van der Waals surface area contributed by atoms with Crippen LogP contribution in [0.3, 0.4) is 0 Å². The second-order valence-corrected chi connectivity index (χ2v) is 14.8. The van der Waals surface area contributed by atoms with Crippen molar-refractivity contribution in [1.82, 2.24) is 35.1 Å². The summed E-state index contributed by atoms with van der Waals surface area (Å²) in [6.07, 6.45) is 8.61. The fourth-order valence-electron chi connectivity index (χ4n) is 6.79. The standard InChI is InChI=1S/C40H48N6O2.C3H7NO2.C2H5NO2/c1-5-7-19-45(38(47)9-6-2)26-37-41-24-35(43-37)33-18-17-31-22-30(15-16-32(31)23-33)28-11-13-29(14-12-28)34-25-42-40(44-34)36-10-8-20-46(36)39(48)21-27(3)4;1-4-3(5)6-2;1-5-2(3)4/h11-18,22-25,27,36H,5-10,19-21,26H2,1-4H3,(H,41,43)(H,42,44);1-2H3,(H,4,5);1H3,(H2,3,4)/t36-;;/m0../s1. The van der Waals surface area contributed by atoms with Gasteiger partial charge in [0.2, 0.25) is 11.8 Å². The minimum absolute atomic E-state index is 0.0276. The van der Waals surface area contributed by atoms with Gasteiger partial charge in [-0.05, 0) is 71.2 Å². The largest absolute Gasteiger partial charge is 0.453 e. The van der Waals surface area contributed by atoms with E-state index in [-0.39, 0.29) is 17.9 Å². The Labute approximate surface area is 347 Å². The molecule has 0 bridgehead atoms. The Bertz CT molecular complexity index is 2120. The van der Waals surface area contributed by atoms with E-state index in [0.29, 0.717) is 25.3 Å². The molecule has 1 atom stereocenters. The fraction of sp³-hybridized carbons (Fsp3) is 0.422. The summed E-state index contributed by atoms with van der Waals surface area (Å²) < 4.78 is 8.04. The zero-order valence-corrected chi connectivity index (χ0v) is 35.5. The molecule has 5 N–H and O–H groups in total. The molecule has 316 valence electrons. The van der Waals surface area contributed by atoms with Gasteiger partial charge in [-0.1, -0.05) is 82.6 Å². The topological polar surface area (TPSA) is 189 Å². The zero-order chi connectivity index (χ0) is 42.9. The Morgan fingerprint density at radius 2 is 1.47 bits per heavy atom. The predicted octanol–water partition coefficient (Wildman–Crippen LogP) is 8.61. The number of nitrogens with one attached hydrogen (secondary N) is 3. The number of benzene rings is 3. The van der Waals surface area contributed by atoms with E-state index in [2.05, 4.69) is 117 Å². The van der Waals surface area contributed by atoms with Gasteiger partial charge in [0, 0.05) is 38.5 Å². The smallest absolute Gasteiger partial charge is 0.406 e. The number of aromatic nitrogens is 4. The van der Waals surface area contributed by atoms with Crippen molar-refractivity contribution >= 4 is 34.8 Å². The zero-order valence-electron chi connectivity index (χ0n) is 35.5. The van der Waals surface area contributed by atoms with Crippen LogP contribution in [0.2, 0.25) is 0 Å². The number of imidazole rings is 2. The molecule has 2 aromatic heterocycles. The first kappa shape index (κ1) is 45.5. The first-order valence-electron chi connectivity index (χ1n) is 20.3. The number of alkyl carbamates (subject to hydrolysis) is 1. The van der Waals surface area contributed by atoms with E-state index in [1.54, 1.807) is 0 Å². The van der Waals surface area contributed by atoms with Crippen LogP contribution < -0.4 is 11.1 Å². The monoisotopic (exact) mass is 808 g/mol. The van der Waals surface area contributed by atoms with Crippen molar-refractivity contribution in [2.45, 2.75) is 85.2 Å². The van der Waals surface area contributed by atoms with Crippen LogP contribution in [0.1, 0.15) is 90.3 Å². The number of ether oxygens (including phenoxy) is 2. The number of carbonyl (C=O) groups excluding carboxylic acids is 4. The number of H-pyrrole nitrogens is 2. The van der Waals surface area contributed by atoms with Gasteiger partial charge in [-0.2, -0.15) is 0 Å². The molecule has 1 saturated heterocycles. The number of hydrogen-bond acceptors (Lipinski definition) is 8. The van der Waals surface area contributed by atoms with Gasteiger partial charge in [0.15, 0.2) is 0 Å². The minimum atomic E-state index is -0.745. The van der Waals surface area contributed by atoms with Gasteiger partial charge in [0.1, 0.15) is 11.6 Å². The lowest BCUT2D eigenvalue weighted by Gasteiger charge is -2.24. The Kier molecular flexibility index (Phi) is 17.5. The number of rotatable bonds is 13. The average molecular weight is 809 g/mol. The van der Waals surface area contributed by atoms with E-state index >= 15 is 0 Å². The maximum absolute atomic E-state index is 12.8. The number of methoxy groups -OCH3 is 2. The molecule has 0 aliphatic carbocycles. The highest BCUT2D eigenvalue weighted by Gasteiger charge is 2.32. The number of nitrogens with zero attached hydrogens (tertiary/aromatic N) is 4. The van der Waals surface area contributed by atoms with Gasteiger partial charge < -0.3 is 40.3 Å². The van der Waals surface area contributed by atoms with Crippen LogP contribution in [0.5, 0.6) is 0 Å². The van der Waals surface area contributed by atoms with Crippen LogP contribution >= 0.6 is 0 Å². The summed E-state index contributed by atoms with van der Waals surface area (Å²) in [5.74, 6) is 2.45. The van der Waals surface area contributed by atoms with Crippen molar-refractivity contribution in [3.8, 4) is 33.6 Å². The summed E-state index contributed by atoms with van der Waals surface area (Å²) in [4.78, 5) is 64.9. The highest BCUT2D eigenvalue weighted by atomic mass is 16.5. The molecular formula is C45H60N8O6. The number of likely N-dealkylation sites (tertiary alicyclic amines) is 1. The number of nitrogens with two attached hydrogens (primary N) is 1. The van der Waals surface area contributed by atoms with E-state index in [4.69, 9.17) is 4.98 Å². The van der Waals surface area contributed by atoms with Crippen LogP contribution in [0.4, 0.5) is 9.59 Å². The quantitative estimate of drug-likeness (QED) is 0.0910. The van der Waals surface area contributed by atoms with Crippen molar-refractivity contribution in [2.75, 3.05) is 34.4 Å². The average Bonchev–Trinajstić information content (AvgIpc) is 4.04. The third-order valence-electron chi connectivity index (χ3n) is 9.91. The van der Waals surface area contributed by atoms with E-state index in [1.807, 2.05) is 29.1 Å². The second kappa shape index (κ2) is 22.7. The van der Waals surface area contributed by atoms with Gasteiger partial charge in [0.25, 0.3) is 0 Å². The molecule has 0 unspecified atom stereocenters. The number of amides is 4. The molecular weight excluding hydrogens is 749 g/mol. The van der Waals surface area contributed by atoms with Crippen LogP contribution in [0.15, 0.2) is 73.1 Å². The fourth-order valence-corrected chi connectivity index (χ4v) is 6.79. The summed E-state index contributed by atoms with van der Waals surface area (Å²) in [7, 11) is 4.05. The number of unbranched alkanes of at least 4 members (excludes halogenated alkanes) is 1. The van der Waals surface area contributed by atoms with Gasteiger partial charge in [-0.15, -0.1) is 0 Å². The van der Waals surface area contributed by atoms with Crippen LogP contribution in [0, 0.1) is 5.92 Å². The third kappa shape index (κ3) is 13.2. The van der Waals surface area contributed by atoms with E-state index < -0.39 is 12.2 Å². The van der Waals surface area contributed by atoms with Gasteiger partial charge >= 0.3 is 12.2 Å². The highest BCUT2D eigenvalue weighted by Crippen LogP contribution is 2.34. The second-order valence-electron chi connectivity index (χ2n) is 14.8. The molecule has 5 aromatic rings. The molecule has 3 heterocycles. The number of carbonyl (C=O) groups is 4. The first-order chi connectivity index (χ1) is 28.4. The molecule has 1 fully saturated rings. The molecule has 1 aliphatic heterocycles. The Morgan fingerprint density at radius 3 is 2.07 bits per heavy atom. The highest BCUT2D eigenvalue weighted by molar-refractivity contribution is 5.90. The Hall–Kier alpha value is -6.18. The summed E-state index contributed by atoms with van der Waals surface area (Å²) in [6, 6.07) is 21.6. The molecule has 14 nitrogen and oxygen atoms in total. The van der Waals surface area contributed by atoms with Gasteiger partial charge in [0.05, 0.1) is 50.6 Å². The van der Waals surface area contributed by atoms with Crippen molar-refractivity contribution in [3.63, 3.8) is 0 Å². The Morgan fingerprint density at radius 1 is 0.864 bits per heavy atom. The molecule has 0 spiro atoms. The number of primary amides is 1. The molecule has 0 radical (unpaired) electrons. The molecule has 1 aliphatic rings. The molecule has 59 heavy (non-hydrogen) atoms. The van der Waals surface area contributed by atoms with Crippen molar-refractivity contribution in [3.05, 3.63) is 84.7 Å². The summed E-state index contributed by atoms with van der Waals surface area (Å²) in [6.45, 7) is 10.4. The predicted molar refractivity (Wildman–Crippen MR) is 231 cm³/mol. The molecule has 6 rings (SSSR count). The maximum Gasteiger partial charge on any atom is 0.406 e. The summed E-state index contributed by atoms with van der Waals surface area (Å²) in [5.41, 5.74) is 10.8. The lowest BCUT2D eigenvalue weighted by Crippen LogP contribution is -2.31. The van der Waals surface area contributed by atoms with Crippen LogP contribution in [0.25, 0.3) is 44.4 Å². The van der Waals surface area contributed by atoms with E-state index in [9.17, 15) is 19.2 Å². The molecule has 0 saturated carbocycles. The molecule has 4 amide bonds. The van der Waals surface area contributed by atoms with E-state index in [1.165, 1.54) is 26.7 Å². The number of hydrogen-bond donors (Lipinski definition) is 4. The first-order valence-corrected chi connectivity index (χ1v) is 20.3. The SMILES string of the molecule is CCCCN(Cc1ncc(-c2ccc3cc(-c4ccc(-c5cnc([C@@H]6CCCN6C(=O)CC(C)C)[nH]5)cc4)ccc3c2)[nH]1)C(=O)CCC.CNC(=O)OC.COC(N)=O. The van der Waals surface area contributed by atoms with Crippen LogP contribution in [-0.4, -0.2) is 88.1 Å². The molecule has 3 aromatic carbocycles. The van der Waals surface area contributed by atoms with Crippen molar-refractivity contribution < 1.29 is 28.7 Å². The van der Waals surface area contributed by atoms with Crippen LogP contribution in [-0.2, 0) is 25.6 Å². The summed E-state index contributed by atoms with van der Waals surface area (Å²) in [5, 5.41) is 4.58. The van der Waals surface area contributed by atoms with E-state index in [0.717, 1.165) is 95.9 Å². The minimum Gasteiger partial charge on any atom is -0.453 e. The normalized spacial score (nSPS) is 13.2. The number of aromatic amines is 2.